The number of halogens is 1. The molecule has 0 amide bonds. The molecule has 300 valence electrons. The third-order valence-electron chi connectivity index (χ3n) is 8.09. The number of ether oxygens (including phenoxy) is 8. The summed E-state index contributed by atoms with van der Waals surface area (Å²) in [4.78, 5) is 22.7. The lowest BCUT2D eigenvalue weighted by molar-refractivity contribution is 0.0270. The van der Waals surface area contributed by atoms with Gasteiger partial charge in [-0.05, 0) is 97.1 Å². The molecule has 0 aliphatic carbocycles. The number of hydrogen-bond acceptors (Lipinski definition) is 14. The summed E-state index contributed by atoms with van der Waals surface area (Å²) >= 11 is 3.38. The van der Waals surface area contributed by atoms with Crippen molar-refractivity contribution in [3.05, 3.63) is 87.4 Å². The van der Waals surface area contributed by atoms with E-state index in [9.17, 15) is 19.8 Å². The molecule has 2 aliphatic heterocycles. The molecule has 0 fully saturated rings. The Morgan fingerprint density at radius 2 is 1.09 bits per heavy atom. The number of hydrogen-bond donors (Lipinski definition) is 4. The third kappa shape index (κ3) is 11.1. The smallest absolute Gasteiger partial charge is 0.488 e. The molecule has 4 N–H and O–H groups in total. The maximum Gasteiger partial charge on any atom is 0.488 e. The van der Waals surface area contributed by atoms with Crippen molar-refractivity contribution in [3.8, 4) is 45.6 Å². The van der Waals surface area contributed by atoms with Crippen LogP contribution in [0.25, 0.3) is 11.1 Å². The van der Waals surface area contributed by atoms with Crippen molar-refractivity contribution in [3.63, 3.8) is 0 Å². The first kappa shape index (κ1) is 43.7. The molecule has 16 heteroatoms. The van der Waals surface area contributed by atoms with Gasteiger partial charge in [-0.1, -0.05) is 18.2 Å². The fourth-order valence-corrected chi connectivity index (χ4v) is 5.82. The Morgan fingerprint density at radius 1 is 0.625 bits per heavy atom. The second-order valence-electron chi connectivity index (χ2n) is 13.8. The highest BCUT2D eigenvalue weighted by Gasteiger charge is 2.26. The van der Waals surface area contributed by atoms with E-state index in [-0.39, 0.29) is 38.4 Å². The Hall–Kier alpha value is -5.00. The van der Waals surface area contributed by atoms with Gasteiger partial charge < -0.3 is 58.2 Å². The van der Waals surface area contributed by atoms with E-state index < -0.39 is 18.3 Å². The van der Waals surface area contributed by atoms with Gasteiger partial charge >= 0.3 is 19.1 Å². The topological polar surface area (TPSA) is 189 Å². The fourth-order valence-electron chi connectivity index (χ4n) is 5.39. The van der Waals surface area contributed by atoms with E-state index in [4.69, 9.17) is 47.9 Å². The Bertz CT molecular complexity index is 2020. The van der Waals surface area contributed by atoms with Crippen LogP contribution in [0.4, 0.5) is 0 Å². The predicted octanol–water partition coefficient (Wildman–Crippen LogP) is 4.84. The summed E-state index contributed by atoms with van der Waals surface area (Å²) in [6.45, 7) is 7.39. The summed E-state index contributed by atoms with van der Waals surface area (Å²) in [5.74, 6) is 2.40. The average Bonchev–Trinajstić information content (AvgIpc) is 3.73. The van der Waals surface area contributed by atoms with Gasteiger partial charge in [0.1, 0.15) is 26.4 Å². The minimum Gasteiger partial charge on any atom is -0.493 e. The quantitative estimate of drug-likeness (QED) is 0.112. The number of carbonyl (C=O) groups is 2. The summed E-state index contributed by atoms with van der Waals surface area (Å²) in [6, 6.07) is 17.3. The first-order chi connectivity index (χ1) is 26.4. The highest BCUT2D eigenvalue weighted by atomic mass is 79.9. The number of benzene rings is 4. The average molecular weight is 842 g/mol. The number of fused-ring (bicyclic) bond motifs is 2. The van der Waals surface area contributed by atoms with Gasteiger partial charge in [0.15, 0.2) is 23.0 Å². The van der Waals surface area contributed by atoms with Crippen molar-refractivity contribution in [1.29, 1.82) is 0 Å². The number of methoxy groups -OCH3 is 4. The minimum atomic E-state index is -1.50. The molecule has 0 atom stereocenters. The molecule has 56 heavy (non-hydrogen) atoms. The highest BCUT2D eigenvalue weighted by Crippen LogP contribution is 2.46. The summed E-state index contributed by atoms with van der Waals surface area (Å²) in [7, 11) is 4.69. The van der Waals surface area contributed by atoms with Gasteiger partial charge in [0, 0.05) is 16.7 Å². The van der Waals surface area contributed by atoms with Crippen LogP contribution in [-0.2, 0) is 22.7 Å². The fraction of sp³-hybridized carbons (Fsp3) is 0.350. The first-order valence-corrected chi connectivity index (χ1v) is 18.0. The number of rotatable bonds is 12. The number of esters is 2. The maximum absolute atomic E-state index is 11.7. The number of cyclic esters (lactones) is 2. The lowest BCUT2D eigenvalue weighted by atomic mass is 9.79. The van der Waals surface area contributed by atoms with Gasteiger partial charge in [0.05, 0.1) is 55.2 Å². The van der Waals surface area contributed by atoms with E-state index in [1.165, 1.54) is 13.2 Å². The van der Waals surface area contributed by atoms with E-state index in [0.29, 0.717) is 56.7 Å². The SMILES string of the molecule is COc1ccc(-c2ccc3c(c2)COC3=O)c(OCC(C)(C)O)c1OC.COc1ccc(Br)c(OCC(C)(C)O)c1OC.O=C1OCc2cc(B(O)O)ccc21. The molecular weight excluding hydrogens is 795 g/mol. The zero-order valence-corrected chi connectivity index (χ0v) is 34.0. The first-order valence-electron chi connectivity index (χ1n) is 17.2. The summed E-state index contributed by atoms with van der Waals surface area (Å²) in [5, 5.41) is 37.4. The van der Waals surface area contributed by atoms with Crippen LogP contribution in [0.5, 0.6) is 34.5 Å². The predicted molar refractivity (Wildman–Crippen MR) is 210 cm³/mol. The van der Waals surface area contributed by atoms with Crippen molar-refractivity contribution >= 4 is 40.4 Å². The molecule has 0 bridgehead atoms. The van der Waals surface area contributed by atoms with Crippen LogP contribution in [0.15, 0.2) is 65.1 Å². The van der Waals surface area contributed by atoms with Crippen molar-refractivity contribution in [1.82, 2.24) is 0 Å². The molecule has 0 saturated carbocycles. The molecule has 14 nitrogen and oxygen atoms in total. The van der Waals surface area contributed by atoms with Gasteiger partial charge in [-0.2, -0.15) is 0 Å². The molecule has 0 spiro atoms. The molecule has 0 unspecified atom stereocenters. The molecule has 0 aromatic heterocycles. The molecule has 6 rings (SSSR count). The Balaban J connectivity index is 0.000000200. The van der Waals surface area contributed by atoms with E-state index >= 15 is 0 Å². The highest BCUT2D eigenvalue weighted by molar-refractivity contribution is 9.10. The summed E-state index contributed by atoms with van der Waals surface area (Å²) in [5.41, 5.74) is 2.70. The maximum atomic E-state index is 11.7. The number of aliphatic hydroxyl groups is 2. The van der Waals surface area contributed by atoms with E-state index in [1.54, 1.807) is 85.4 Å². The van der Waals surface area contributed by atoms with Crippen LogP contribution in [-0.4, -0.2) is 92.2 Å². The Labute approximate surface area is 334 Å². The lowest BCUT2D eigenvalue weighted by Gasteiger charge is -2.22. The van der Waals surface area contributed by atoms with Gasteiger partial charge in [-0.3, -0.25) is 0 Å². The van der Waals surface area contributed by atoms with Gasteiger partial charge in [0.25, 0.3) is 0 Å². The van der Waals surface area contributed by atoms with Crippen LogP contribution in [0.1, 0.15) is 59.5 Å². The van der Waals surface area contributed by atoms with Crippen LogP contribution in [0.2, 0.25) is 0 Å². The van der Waals surface area contributed by atoms with Crippen LogP contribution < -0.4 is 33.9 Å². The lowest BCUT2D eigenvalue weighted by Crippen LogP contribution is -2.30. The number of carbonyl (C=O) groups excluding carboxylic acids is 2. The molecule has 4 aromatic rings. The summed E-state index contributed by atoms with van der Waals surface area (Å²) in [6.07, 6.45) is 0. The van der Waals surface area contributed by atoms with Gasteiger partial charge in [-0.15, -0.1) is 0 Å². The van der Waals surface area contributed by atoms with Crippen LogP contribution >= 0.6 is 15.9 Å². The molecule has 2 aliphatic rings. The zero-order chi connectivity index (χ0) is 41.4. The van der Waals surface area contributed by atoms with E-state index in [1.807, 2.05) is 18.2 Å². The monoisotopic (exact) mass is 840 g/mol. The van der Waals surface area contributed by atoms with Gasteiger partial charge in [0.2, 0.25) is 11.5 Å². The molecular formula is C40H46BBrO14. The molecule has 2 heterocycles. The van der Waals surface area contributed by atoms with E-state index in [2.05, 4.69) is 15.9 Å². The second kappa shape index (κ2) is 18.8. The normalized spacial score (nSPS) is 12.7. The van der Waals surface area contributed by atoms with Crippen molar-refractivity contribution in [2.24, 2.45) is 0 Å². The largest absolute Gasteiger partial charge is 0.493 e. The zero-order valence-electron chi connectivity index (χ0n) is 32.4. The summed E-state index contributed by atoms with van der Waals surface area (Å²) < 4.78 is 43.3. The molecule has 0 radical (unpaired) electrons. The van der Waals surface area contributed by atoms with Gasteiger partial charge in [-0.25, -0.2) is 9.59 Å². The molecule has 4 aromatic carbocycles. The third-order valence-corrected chi connectivity index (χ3v) is 8.72. The van der Waals surface area contributed by atoms with E-state index in [0.717, 1.165) is 21.2 Å². The Morgan fingerprint density at radius 3 is 1.59 bits per heavy atom. The van der Waals surface area contributed by atoms with Crippen LogP contribution in [0, 0.1) is 0 Å². The van der Waals surface area contributed by atoms with Crippen molar-refractivity contribution in [2.75, 3.05) is 41.7 Å². The molecule has 0 saturated heterocycles. The van der Waals surface area contributed by atoms with Crippen molar-refractivity contribution in [2.45, 2.75) is 52.1 Å². The standard InChI is InChI=1S/C20H22O6.C12H17BrO4.C8H7BO4/c1-20(2,22)11-26-17-14(7-8-16(23-3)18(17)24-4)12-5-6-15-13(9-12)10-25-19(15)21;1-12(2,14)7-17-10-8(13)5-6-9(15-3)11(10)16-4;10-8-7-2-1-6(9(11)12)3-5(7)4-13-8/h5-9,22H,10-11H2,1-4H3;5-6,14H,7H2,1-4H3;1-3,11-12H,4H2. The minimum absolute atomic E-state index is 0.0794. The van der Waals surface area contributed by atoms with Crippen molar-refractivity contribution < 1.29 is 67.7 Å². The van der Waals surface area contributed by atoms with Crippen LogP contribution in [0.3, 0.4) is 0 Å². The second-order valence-corrected chi connectivity index (χ2v) is 14.7. The Kier molecular flexibility index (Phi) is 14.7.